The Morgan fingerprint density at radius 2 is 2.00 bits per heavy atom. The summed E-state index contributed by atoms with van der Waals surface area (Å²) in [7, 11) is 0. The molecule has 0 aliphatic heterocycles. The first-order valence-corrected chi connectivity index (χ1v) is 3.80. The van der Waals surface area contributed by atoms with Gasteiger partial charge in [0.15, 0.2) is 0 Å². The molecule has 0 N–H and O–H groups in total. The topological polar surface area (TPSA) is 9.23 Å². The lowest BCUT2D eigenvalue weighted by atomic mass is 10.0. The van der Waals surface area contributed by atoms with E-state index in [9.17, 15) is 0 Å². The van der Waals surface area contributed by atoms with Crippen molar-refractivity contribution in [3.8, 4) is 0 Å². The highest BCUT2D eigenvalue weighted by atomic mass is 35.5. The molecule has 0 aliphatic carbocycles. The van der Waals surface area contributed by atoms with Gasteiger partial charge in [-0.3, -0.25) is 4.29 Å². The smallest absolute Gasteiger partial charge is 0.0813 e. The lowest BCUT2D eigenvalue weighted by Crippen LogP contribution is -2.14. The van der Waals surface area contributed by atoms with Crippen LogP contribution in [0.4, 0.5) is 0 Å². The Bertz CT molecular complexity index is 63.9. The fraction of sp³-hybridized carbons (Fsp3) is 1.00. The largest absolute Gasteiger partial charge is 0.276 e. The van der Waals surface area contributed by atoms with Crippen LogP contribution in [0.1, 0.15) is 33.6 Å². The third kappa shape index (κ3) is 3.77. The van der Waals surface area contributed by atoms with Gasteiger partial charge in [-0.2, -0.15) is 0 Å². The highest BCUT2D eigenvalue weighted by Gasteiger charge is 2.10. The summed E-state index contributed by atoms with van der Waals surface area (Å²) in [4.78, 5) is 0. The third-order valence-electron chi connectivity index (χ3n) is 1.43. The standard InChI is InChI=1S/C7H15ClO/c1-4-5-7(9-8)6(2)3/h6-7H,4-5H2,1-3H3. The van der Waals surface area contributed by atoms with E-state index in [1.807, 2.05) is 0 Å². The van der Waals surface area contributed by atoms with E-state index in [4.69, 9.17) is 16.2 Å². The fourth-order valence-corrected chi connectivity index (χ4v) is 1.06. The maximum Gasteiger partial charge on any atom is 0.0813 e. The lowest BCUT2D eigenvalue weighted by Gasteiger charge is -2.15. The van der Waals surface area contributed by atoms with Crippen LogP contribution < -0.4 is 0 Å². The lowest BCUT2D eigenvalue weighted by molar-refractivity contribution is 0.156. The van der Waals surface area contributed by atoms with Gasteiger partial charge in [0, 0.05) is 0 Å². The highest BCUT2D eigenvalue weighted by Crippen LogP contribution is 2.13. The molecule has 0 aromatic heterocycles. The molecule has 1 nitrogen and oxygen atoms in total. The van der Waals surface area contributed by atoms with Gasteiger partial charge < -0.3 is 0 Å². The van der Waals surface area contributed by atoms with Gasteiger partial charge in [-0.05, 0) is 12.3 Å². The van der Waals surface area contributed by atoms with Gasteiger partial charge in [-0.25, -0.2) is 0 Å². The molecule has 0 aromatic carbocycles. The molecule has 0 amide bonds. The number of hydrogen-bond donors (Lipinski definition) is 0. The van der Waals surface area contributed by atoms with Gasteiger partial charge in [0.05, 0.1) is 18.0 Å². The van der Waals surface area contributed by atoms with Crippen LogP contribution in [0, 0.1) is 5.92 Å². The van der Waals surface area contributed by atoms with E-state index in [-0.39, 0.29) is 6.10 Å². The zero-order valence-electron chi connectivity index (χ0n) is 6.36. The summed E-state index contributed by atoms with van der Waals surface area (Å²) in [6.07, 6.45) is 2.42. The van der Waals surface area contributed by atoms with Crippen LogP contribution in [-0.4, -0.2) is 6.10 Å². The van der Waals surface area contributed by atoms with Gasteiger partial charge in [-0.1, -0.05) is 27.2 Å². The van der Waals surface area contributed by atoms with E-state index >= 15 is 0 Å². The molecule has 2 heteroatoms. The van der Waals surface area contributed by atoms with Crippen LogP contribution in [0.25, 0.3) is 0 Å². The summed E-state index contributed by atoms with van der Waals surface area (Å²) >= 11 is 5.24. The molecular weight excluding hydrogens is 136 g/mol. The Hall–Kier alpha value is 0.250. The first-order valence-electron chi connectivity index (χ1n) is 3.49. The Morgan fingerprint density at radius 1 is 1.44 bits per heavy atom. The monoisotopic (exact) mass is 150 g/mol. The molecule has 0 saturated carbocycles. The third-order valence-corrected chi connectivity index (χ3v) is 1.66. The molecule has 0 saturated heterocycles. The molecule has 0 aromatic rings. The van der Waals surface area contributed by atoms with Gasteiger partial charge in [0.2, 0.25) is 0 Å². The van der Waals surface area contributed by atoms with Crippen molar-refractivity contribution in [2.75, 3.05) is 0 Å². The predicted octanol–water partition coefficient (Wildman–Crippen LogP) is 2.98. The van der Waals surface area contributed by atoms with Crippen molar-refractivity contribution < 1.29 is 4.29 Å². The quantitative estimate of drug-likeness (QED) is 0.599. The SMILES string of the molecule is CCCC(OCl)C(C)C. The van der Waals surface area contributed by atoms with Crippen molar-refractivity contribution in [1.82, 2.24) is 0 Å². The van der Waals surface area contributed by atoms with Gasteiger partial charge in [-0.15, -0.1) is 0 Å². The molecule has 56 valence electrons. The molecule has 0 spiro atoms. The Morgan fingerprint density at radius 3 is 2.11 bits per heavy atom. The molecule has 1 atom stereocenters. The van der Waals surface area contributed by atoms with Crippen molar-refractivity contribution in [3.05, 3.63) is 0 Å². The Kier molecular flexibility index (Phi) is 5.21. The first-order chi connectivity index (χ1) is 4.22. The summed E-state index contributed by atoms with van der Waals surface area (Å²) in [5, 5.41) is 0. The van der Waals surface area contributed by atoms with E-state index in [1.54, 1.807) is 0 Å². The first kappa shape index (κ1) is 9.25. The minimum absolute atomic E-state index is 0.233. The fourth-order valence-electron chi connectivity index (χ4n) is 0.765. The molecule has 0 rings (SSSR count). The minimum atomic E-state index is 0.233. The molecule has 0 radical (unpaired) electrons. The van der Waals surface area contributed by atoms with Gasteiger partial charge in [0.1, 0.15) is 0 Å². The number of hydrogen-bond acceptors (Lipinski definition) is 1. The summed E-state index contributed by atoms with van der Waals surface area (Å²) < 4.78 is 4.72. The maximum atomic E-state index is 5.24. The van der Waals surface area contributed by atoms with Crippen LogP contribution in [0.15, 0.2) is 0 Å². The second-order valence-corrected chi connectivity index (χ2v) is 2.84. The zero-order valence-corrected chi connectivity index (χ0v) is 7.11. The van der Waals surface area contributed by atoms with Crippen molar-refractivity contribution in [2.45, 2.75) is 39.7 Å². The van der Waals surface area contributed by atoms with Crippen molar-refractivity contribution in [1.29, 1.82) is 0 Å². The van der Waals surface area contributed by atoms with E-state index in [2.05, 4.69) is 20.8 Å². The minimum Gasteiger partial charge on any atom is -0.276 e. The maximum absolute atomic E-state index is 5.24. The van der Waals surface area contributed by atoms with Crippen LogP contribution in [0.2, 0.25) is 0 Å². The van der Waals surface area contributed by atoms with Gasteiger partial charge >= 0.3 is 0 Å². The average Bonchev–Trinajstić information content (AvgIpc) is 1.82. The van der Waals surface area contributed by atoms with Crippen LogP contribution >= 0.6 is 11.9 Å². The molecule has 0 bridgehead atoms. The average molecular weight is 151 g/mol. The van der Waals surface area contributed by atoms with Crippen molar-refractivity contribution >= 4 is 11.9 Å². The summed E-state index contributed by atoms with van der Waals surface area (Å²) in [5.74, 6) is 0.530. The molecule has 0 fully saturated rings. The van der Waals surface area contributed by atoms with Crippen LogP contribution in [-0.2, 0) is 4.29 Å². The summed E-state index contributed by atoms with van der Waals surface area (Å²) in [5.41, 5.74) is 0. The van der Waals surface area contributed by atoms with Crippen molar-refractivity contribution in [3.63, 3.8) is 0 Å². The molecule has 0 aliphatic rings. The summed E-state index contributed by atoms with van der Waals surface area (Å²) in [6.45, 7) is 6.36. The molecule has 1 unspecified atom stereocenters. The summed E-state index contributed by atoms with van der Waals surface area (Å²) in [6, 6.07) is 0. The number of rotatable bonds is 4. The van der Waals surface area contributed by atoms with E-state index in [1.165, 1.54) is 0 Å². The Balaban J connectivity index is 3.41. The highest BCUT2D eigenvalue weighted by molar-refractivity contribution is 6.07. The molecule has 0 heterocycles. The van der Waals surface area contributed by atoms with Crippen molar-refractivity contribution in [2.24, 2.45) is 5.92 Å². The normalized spacial score (nSPS) is 14.3. The zero-order chi connectivity index (χ0) is 7.28. The van der Waals surface area contributed by atoms with Gasteiger partial charge in [0.25, 0.3) is 0 Å². The van der Waals surface area contributed by atoms with Crippen LogP contribution in [0.5, 0.6) is 0 Å². The Labute approximate surface area is 62.5 Å². The molecular formula is C7H15ClO. The second-order valence-electron chi connectivity index (χ2n) is 2.66. The van der Waals surface area contributed by atoms with E-state index < -0.39 is 0 Å². The predicted molar refractivity (Wildman–Crippen MR) is 40.5 cm³/mol. The number of halogens is 1. The molecule has 9 heavy (non-hydrogen) atoms. The van der Waals surface area contributed by atoms with Crippen LogP contribution in [0.3, 0.4) is 0 Å². The van der Waals surface area contributed by atoms with E-state index in [0.29, 0.717) is 5.92 Å². The second kappa shape index (κ2) is 5.07. The van der Waals surface area contributed by atoms with E-state index in [0.717, 1.165) is 12.8 Å².